The highest BCUT2D eigenvalue weighted by Crippen LogP contribution is 2.29. The largest absolute Gasteiger partial charge is 0.490 e. The minimum absolute atomic E-state index is 0.245. The maximum Gasteiger partial charge on any atom is 0.490 e. The van der Waals surface area contributed by atoms with Gasteiger partial charge in [0.25, 0.3) is 0 Å². The zero-order valence-corrected chi connectivity index (χ0v) is 23.5. The number of nitrogens with zero attached hydrogens (tertiary/aromatic N) is 6. The third-order valence-electron chi connectivity index (χ3n) is 6.16. The van der Waals surface area contributed by atoms with Gasteiger partial charge < -0.3 is 10.2 Å². The average Bonchev–Trinajstić information content (AvgIpc) is 3.55. The molecule has 43 heavy (non-hydrogen) atoms. The fourth-order valence-corrected chi connectivity index (χ4v) is 4.96. The van der Waals surface area contributed by atoms with E-state index >= 15 is 0 Å². The van der Waals surface area contributed by atoms with Crippen LogP contribution in [0, 0.1) is 6.92 Å². The molecule has 0 aliphatic carbocycles. The van der Waals surface area contributed by atoms with Crippen molar-refractivity contribution in [3.8, 4) is 11.1 Å². The Hall–Kier alpha value is -4.09. The van der Waals surface area contributed by atoms with Crippen LogP contribution in [-0.2, 0) is 16.1 Å². The van der Waals surface area contributed by atoms with E-state index in [9.17, 15) is 26.3 Å². The van der Waals surface area contributed by atoms with E-state index in [0.29, 0.717) is 0 Å². The maximum atomic E-state index is 10.6. The molecule has 0 spiro atoms. The highest BCUT2D eigenvalue weighted by atomic mass is 32.1. The Morgan fingerprint density at radius 1 is 0.930 bits per heavy atom. The van der Waals surface area contributed by atoms with E-state index in [1.165, 1.54) is 9.75 Å². The first-order valence-electron chi connectivity index (χ1n) is 12.4. The molecule has 1 fully saturated rings. The number of piperazine rings is 1. The molecule has 17 heteroatoms. The van der Waals surface area contributed by atoms with Gasteiger partial charge in [0.05, 0.1) is 11.6 Å². The number of carboxylic acid groups (broad SMARTS) is 2. The normalized spacial score (nSPS) is 16.1. The van der Waals surface area contributed by atoms with Gasteiger partial charge in [-0.05, 0) is 49.9 Å². The molecule has 1 aliphatic heterocycles. The van der Waals surface area contributed by atoms with E-state index in [4.69, 9.17) is 19.8 Å². The van der Waals surface area contributed by atoms with E-state index in [1.807, 2.05) is 40.4 Å². The SMILES string of the molecule is Cc1ccc(CN2CCN(C)C(c3nnn4cc(-c5ccncc5)ccc34)C2)s1.O=C(O)C(F)(F)F.O=C(O)C(F)(F)F. The first kappa shape index (κ1) is 33.4. The molecule has 232 valence electrons. The summed E-state index contributed by atoms with van der Waals surface area (Å²) < 4.78 is 65.4. The Kier molecular flexibility index (Phi) is 10.8. The Morgan fingerprint density at radius 2 is 1.53 bits per heavy atom. The molecule has 10 nitrogen and oxygen atoms in total. The van der Waals surface area contributed by atoms with Crippen molar-refractivity contribution in [2.75, 3.05) is 26.7 Å². The number of carboxylic acids is 2. The summed E-state index contributed by atoms with van der Waals surface area (Å²) in [4.78, 5) is 29.6. The summed E-state index contributed by atoms with van der Waals surface area (Å²) in [6.07, 6.45) is -4.49. The van der Waals surface area contributed by atoms with Crippen molar-refractivity contribution >= 4 is 28.8 Å². The van der Waals surface area contributed by atoms with E-state index in [1.54, 1.807) is 0 Å². The van der Waals surface area contributed by atoms with E-state index < -0.39 is 24.3 Å². The minimum atomic E-state index is -5.08. The molecular formula is C26H26F6N6O4S. The second-order valence-corrected chi connectivity index (χ2v) is 10.7. The number of aromatic nitrogens is 4. The van der Waals surface area contributed by atoms with Gasteiger partial charge >= 0.3 is 24.3 Å². The van der Waals surface area contributed by atoms with Crippen LogP contribution in [0.2, 0.25) is 0 Å². The Labute approximate surface area is 244 Å². The summed E-state index contributed by atoms with van der Waals surface area (Å²) >= 11 is 1.89. The quantitative estimate of drug-likeness (QED) is 0.302. The molecule has 2 N–H and O–H groups in total. The van der Waals surface area contributed by atoms with Crippen molar-refractivity contribution < 1.29 is 46.1 Å². The molecule has 5 heterocycles. The molecule has 4 aromatic rings. The minimum Gasteiger partial charge on any atom is -0.475 e. The van der Waals surface area contributed by atoms with Gasteiger partial charge in [0.2, 0.25) is 0 Å². The molecule has 1 aliphatic rings. The predicted molar refractivity (Wildman–Crippen MR) is 143 cm³/mol. The molecule has 0 bridgehead atoms. The molecule has 1 saturated heterocycles. The summed E-state index contributed by atoms with van der Waals surface area (Å²) in [5, 5.41) is 23.3. The molecule has 0 saturated carbocycles. The molecule has 5 rings (SSSR count). The molecular weight excluding hydrogens is 606 g/mol. The molecule has 0 radical (unpaired) electrons. The summed E-state index contributed by atoms with van der Waals surface area (Å²) in [6, 6.07) is 13.0. The number of alkyl halides is 6. The van der Waals surface area contributed by atoms with Crippen molar-refractivity contribution in [3.63, 3.8) is 0 Å². The molecule has 0 aromatic carbocycles. The Morgan fingerprint density at radius 3 is 2.07 bits per heavy atom. The third-order valence-corrected chi connectivity index (χ3v) is 7.15. The summed E-state index contributed by atoms with van der Waals surface area (Å²) in [6.45, 7) is 6.25. The van der Waals surface area contributed by atoms with Gasteiger partial charge in [-0.15, -0.1) is 16.4 Å². The number of carbonyl (C=O) groups is 2. The van der Waals surface area contributed by atoms with Crippen LogP contribution in [-0.4, -0.2) is 90.8 Å². The average molecular weight is 633 g/mol. The zero-order chi connectivity index (χ0) is 31.9. The van der Waals surface area contributed by atoms with E-state index in [0.717, 1.165) is 48.5 Å². The van der Waals surface area contributed by atoms with Crippen LogP contribution >= 0.6 is 11.3 Å². The standard InChI is InChI=1S/C22H24N6S.2C2HF3O2/c1-16-3-5-19(29-16)14-27-12-11-26(2)21(15-27)22-20-6-4-18(13-28(20)25-24-22)17-7-9-23-10-8-17;2*3-2(4,5)1(6)7/h3-10,13,21H,11-12,14-15H2,1-2H3;2*(H,6,7). The van der Waals surface area contributed by atoms with Crippen LogP contribution in [0.5, 0.6) is 0 Å². The zero-order valence-electron chi connectivity index (χ0n) is 22.7. The van der Waals surface area contributed by atoms with Crippen LogP contribution < -0.4 is 0 Å². The van der Waals surface area contributed by atoms with Crippen molar-refractivity contribution in [2.24, 2.45) is 0 Å². The summed E-state index contributed by atoms with van der Waals surface area (Å²) in [7, 11) is 2.19. The smallest absolute Gasteiger partial charge is 0.475 e. The highest BCUT2D eigenvalue weighted by Gasteiger charge is 2.39. The first-order chi connectivity index (χ1) is 20.1. The van der Waals surface area contributed by atoms with Crippen molar-refractivity contribution in [1.29, 1.82) is 0 Å². The number of halogens is 6. The van der Waals surface area contributed by atoms with Gasteiger partial charge in [-0.2, -0.15) is 26.3 Å². The lowest BCUT2D eigenvalue weighted by atomic mass is 10.1. The molecule has 1 unspecified atom stereocenters. The Bertz CT molecular complexity index is 1500. The lowest BCUT2D eigenvalue weighted by Gasteiger charge is -2.38. The van der Waals surface area contributed by atoms with Crippen LogP contribution in [0.1, 0.15) is 21.5 Å². The highest BCUT2D eigenvalue weighted by molar-refractivity contribution is 7.11. The van der Waals surface area contributed by atoms with Crippen molar-refractivity contribution in [3.05, 3.63) is 70.4 Å². The number of aliphatic carboxylic acids is 2. The first-order valence-corrected chi connectivity index (χ1v) is 13.2. The summed E-state index contributed by atoms with van der Waals surface area (Å²) in [5.41, 5.74) is 4.38. The molecule has 0 amide bonds. The van der Waals surface area contributed by atoms with Gasteiger partial charge in [-0.1, -0.05) is 11.3 Å². The maximum absolute atomic E-state index is 10.6. The number of fused-ring (bicyclic) bond motifs is 1. The topological polar surface area (TPSA) is 124 Å². The number of rotatable bonds is 4. The van der Waals surface area contributed by atoms with Crippen LogP contribution in [0.25, 0.3) is 16.6 Å². The van der Waals surface area contributed by atoms with Gasteiger partial charge in [0.1, 0.15) is 5.69 Å². The van der Waals surface area contributed by atoms with Crippen molar-refractivity contribution in [1.82, 2.24) is 29.6 Å². The van der Waals surface area contributed by atoms with Crippen LogP contribution in [0.4, 0.5) is 26.3 Å². The molecule has 1 atom stereocenters. The van der Waals surface area contributed by atoms with E-state index in [2.05, 4.69) is 69.5 Å². The van der Waals surface area contributed by atoms with E-state index in [-0.39, 0.29) is 6.04 Å². The molecule has 4 aromatic heterocycles. The van der Waals surface area contributed by atoms with Crippen LogP contribution in [0.3, 0.4) is 0 Å². The second-order valence-electron chi connectivity index (χ2n) is 9.31. The number of pyridine rings is 2. The summed E-state index contributed by atoms with van der Waals surface area (Å²) in [5.74, 6) is -5.51. The Balaban J connectivity index is 0.000000303. The second kappa shape index (κ2) is 13.9. The third kappa shape index (κ3) is 9.45. The van der Waals surface area contributed by atoms with Gasteiger partial charge in [-0.25, -0.2) is 14.1 Å². The predicted octanol–water partition coefficient (Wildman–Crippen LogP) is 4.92. The number of aryl methyl sites for hydroxylation is 1. The van der Waals surface area contributed by atoms with Crippen LogP contribution in [0.15, 0.2) is 55.0 Å². The van der Waals surface area contributed by atoms with Crippen molar-refractivity contribution in [2.45, 2.75) is 31.9 Å². The number of hydrogen-bond donors (Lipinski definition) is 2. The number of hydrogen-bond acceptors (Lipinski definition) is 8. The fourth-order valence-electron chi connectivity index (χ4n) is 4.03. The monoisotopic (exact) mass is 632 g/mol. The number of thiophene rings is 1. The number of likely N-dealkylation sites (N-methyl/N-ethyl adjacent to an activating group) is 1. The van der Waals surface area contributed by atoms with Gasteiger partial charge in [0, 0.05) is 60.1 Å². The van der Waals surface area contributed by atoms with Gasteiger partial charge in [0.15, 0.2) is 0 Å². The lowest BCUT2D eigenvalue weighted by Crippen LogP contribution is -2.46. The van der Waals surface area contributed by atoms with Gasteiger partial charge in [-0.3, -0.25) is 14.8 Å². The fraction of sp³-hybridized carbons (Fsp3) is 0.346. The lowest BCUT2D eigenvalue weighted by molar-refractivity contribution is -0.193.